The van der Waals surface area contributed by atoms with Crippen molar-refractivity contribution < 1.29 is 27.5 Å². The number of alkyl halides is 3. The Bertz CT molecular complexity index is 1050. The first-order valence-electron chi connectivity index (χ1n) is 8.60. The Morgan fingerprint density at radius 2 is 1.73 bits per heavy atom. The quantitative estimate of drug-likeness (QED) is 0.550. The number of amides is 1. The lowest BCUT2D eigenvalue weighted by atomic mass is 9.98. The van der Waals surface area contributed by atoms with Gasteiger partial charge in [-0.1, -0.05) is 29.8 Å². The molecule has 10 heteroatoms. The van der Waals surface area contributed by atoms with E-state index in [0.717, 1.165) is 4.68 Å². The molecule has 30 heavy (non-hydrogen) atoms. The standard InChI is InChI=1S/C20H15ClF3N3O3/c21-14-7-5-13(6-8-14)18(28)16-3-1-2-4-17(16)19(29)26-15-9-25-27(10-15)12-30-11-20(22,23)24/h1-10H,11-12H2,(H,26,29). The van der Waals surface area contributed by atoms with Crippen molar-refractivity contribution >= 4 is 29.0 Å². The summed E-state index contributed by atoms with van der Waals surface area (Å²) in [5.74, 6) is -0.919. The number of hydrogen-bond acceptors (Lipinski definition) is 4. The summed E-state index contributed by atoms with van der Waals surface area (Å²) in [5, 5.41) is 6.87. The van der Waals surface area contributed by atoms with Crippen LogP contribution in [-0.4, -0.2) is 34.3 Å². The first-order chi connectivity index (χ1) is 14.2. The van der Waals surface area contributed by atoms with Gasteiger partial charge in [0.2, 0.25) is 0 Å². The van der Waals surface area contributed by atoms with Gasteiger partial charge >= 0.3 is 6.18 Å². The molecule has 0 atom stereocenters. The number of nitrogens with one attached hydrogen (secondary N) is 1. The summed E-state index contributed by atoms with van der Waals surface area (Å²) < 4.78 is 42.0. The molecule has 0 aliphatic heterocycles. The lowest BCUT2D eigenvalue weighted by Gasteiger charge is -2.09. The van der Waals surface area contributed by atoms with Crippen molar-refractivity contribution in [3.8, 4) is 0 Å². The highest BCUT2D eigenvalue weighted by Gasteiger charge is 2.27. The van der Waals surface area contributed by atoms with Crippen molar-refractivity contribution in [1.82, 2.24) is 9.78 Å². The maximum atomic E-state index is 12.8. The maximum absolute atomic E-state index is 12.8. The van der Waals surface area contributed by atoms with E-state index < -0.39 is 25.4 Å². The first-order valence-corrected chi connectivity index (χ1v) is 8.98. The number of ether oxygens (including phenoxy) is 1. The van der Waals surface area contributed by atoms with Gasteiger partial charge in [-0.2, -0.15) is 18.3 Å². The average molecular weight is 438 g/mol. The number of hydrogen-bond donors (Lipinski definition) is 1. The minimum Gasteiger partial charge on any atom is -0.350 e. The number of halogens is 4. The van der Waals surface area contributed by atoms with Gasteiger partial charge in [0.15, 0.2) is 5.78 Å². The molecule has 156 valence electrons. The van der Waals surface area contributed by atoms with Crippen molar-refractivity contribution in [3.05, 3.63) is 82.6 Å². The third-order valence-electron chi connectivity index (χ3n) is 3.90. The highest BCUT2D eigenvalue weighted by Crippen LogP contribution is 2.19. The number of rotatable bonds is 7. The molecule has 0 bridgehead atoms. The Kier molecular flexibility index (Phi) is 6.53. The fraction of sp³-hybridized carbons (Fsp3) is 0.150. The summed E-state index contributed by atoms with van der Waals surface area (Å²) in [6.07, 6.45) is -1.86. The molecular formula is C20H15ClF3N3O3. The van der Waals surface area contributed by atoms with Gasteiger partial charge in [-0.15, -0.1) is 0 Å². The van der Waals surface area contributed by atoms with E-state index >= 15 is 0 Å². The fourth-order valence-electron chi connectivity index (χ4n) is 2.59. The van der Waals surface area contributed by atoms with E-state index in [1.807, 2.05) is 0 Å². The lowest BCUT2D eigenvalue weighted by Crippen LogP contribution is -2.18. The highest BCUT2D eigenvalue weighted by molar-refractivity contribution is 6.30. The van der Waals surface area contributed by atoms with E-state index in [9.17, 15) is 22.8 Å². The zero-order chi connectivity index (χ0) is 21.7. The van der Waals surface area contributed by atoms with Gasteiger partial charge in [-0.3, -0.25) is 9.59 Å². The molecule has 0 saturated heterocycles. The molecule has 0 saturated carbocycles. The summed E-state index contributed by atoms with van der Waals surface area (Å²) >= 11 is 5.84. The zero-order valence-electron chi connectivity index (χ0n) is 15.3. The number of aromatic nitrogens is 2. The number of carbonyl (C=O) groups excluding carboxylic acids is 2. The molecule has 1 amide bonds. The second-order valence-electron chi connectivity index (χ2n) is 6.20. The second-order valence-corrected chi connectivity index (χ2v) is 6.63. The highest BCUT2D eigenvalue weighted by atomic mass is 35.5. The predicted molar refractivity (Wildman–Crippen MR) is 104 cm³/mol. The SMILES string of the molecule is O=C(Nc1cnn(COCC(F)(F)F)c1)c1ccccc1C(=O)c1ccc(Cl)cc1. The molecular weight excluding hydrogens is 423 g/mol. The van der Waals surface area contributed by atoms with E-state index in [2.05, 4.69) is 15.2 Å². The molecule has 0 radical (unpaired) electrons. The predicted octanol–water partition coefficient (Wildman–Crippen LogP) is 4.56. The van der Waals surface area contributed by atoms with Crippen LogP contribution in [0.4, 0.5) is 18.9 Å². The molecule has 3 aromatic rings. The number of ketones is 1. The maximum Gasteiger partial charge on any atom is 0.411 e. The van der Waals surface area contributed by atoms with Crippen LogP contribution in [-0.2, 0) is 11.5 Å². The van der Waals surface area contributed by atoms with Crippen molar-refractivity contribution in [2.24, 2.45) is 0 Å². The third kappa shape index (κ3) is 5.68. The van der Waals surface area contributed by atoms with Crippen LogP contribution in [0.15, 0.2) is 60.9 Å². The molecule has 3 rings (SSSR count). The molecule has 6 nitrogen and oxygen atoms in total. The van der Waals surface area contributed by atoms with Gasteiger partial charge in [0.05, 0.1) is 23.6 Å². The second kappa shape index (κ2) is 9.10. The molecule has 0 unspecified atom stereocenters. The van der Waals surface area contributed by atoms with Crippen LogP contribution >= 0.6 is 11.6 Å². The summed E-state index contributed by atoms with van der Waals surface area (Å²) in [6, 6.07) is 12.5. The van der Waals surface area contributed by atoms with E-state index in [-0.39, 0.29) is 22.6 Å². The Morgan fingerprint density at radius 1 is 1.07 bits per heavy atom. The zero-order valence-corrected chi connectivity index (χ0v) is 16.1. The normalized spacial score (nSPS) is 11.3. The van der Waals surface area contributed by atoms with E-state index in [0.29, 0.717) is 10.6 Å². The molecule has 1 N–H and O–H groups in total. The number of benzene rings is 2. The van der Waals surface area contributed by atoms with E-state index in [1.54, 1.807) is 36.4 Å². The number of carbonyl (C=O) groups is 2. The summed E-state index contributed by atoms with van der Waals surface area (Å²) in [7, 11) is 0. The minimum absolute atomic E-state index is 0.138. The molecule has 0 aliphatic rings. The number of anilines is 1. The van der Waals surface area contributed by atoms with E-state index in [4.69, 9.17) is 11.6 Å². The third-order valence-corrected chi connectivity index (χ3v) is 4.16. The van der Waals surface area contributed by atoms with E-state index in [1.165, 1.54) is 24.5 Å². The van der Waals surface area contributed by atoms with Crippen LogP contribution < -0.4 is 5.32 Å². The molecule has 0 spiro atoms. The van der Waals surface area contributed by atoms with Crippen LogP contribution in [0.1, 0.15) is 26.3 Å². The van der Waals surface area contributed by atoms with Gasteiger partial charge < -0.3 is 10.1 Å². The fourth-order valence-corrected chi connectivity index (χ4v) is 2.71. The Morgan fingerprint density at radius 3 is 2.40 bits per heavy atom. The molecule has 1 heterocycles. The van der Waals surface area contributed by atoms with Crippen LogP contribution in [0, 0.1) is 0 Å². The molecule has 0 fully saturated rings. The van der Waals surface area contributed by atoms with Crippen LogP contribution in [0.5, 0.6) is 0 Å². The van der Waals surface area contributed by atoms with Gasteiger partial charge in [-0.05, 0) is 30.3 Å². The van der Waals surface area contributed by atoms with Gasteiger partial charge in [0, 0.05) is 16.1 Å². The van der Waals surface area contributed by atoms with Crippen molar-refractivity contribution in [2.45, 2.75) is 12.9 Å². The van der Waals surface area contributed by atoms with Crippen molar-refractivity contribution in [3.63, 3.8) is 0 Å². The Hall–Kier alpha value is -3.17. The van der Waals surface area contributed by atoms with Crippen molar-refractivity contribution in [1.29, 1.82) is 0 Å². The molecule has 0 aliphatic carbocycles. The topological polar surface area (TPSA) is 73.2 Å². The van der Waals surface area contributed by atoms with Crippen LogP contribution in [0.2, 0.25) is 5.02 Å². The molecule has 2 aromatic carbocycles. The van der Waals surface area contributed by atoms with Gasteiger partial charge in [-0.25, -0.2) is 4.68 Å². The van der Waals surface area contributed by atoms with Crippen LogP contribution in [0.3, 0.4) is 0 Å². The largest absolute Gasteiger partial charge is 0.411 e. The monoisotopic (exact) mass is 437 g/mol. The Labute approximate surface area is 174 Å². The molecule has 1 aromatic heterocycles. The first kappa shape index (κ1) is 21.5. The smallest absolute Gasteiger partial charge is 0.350 e. The van der Waals surface area contributed by atoms with Gasteiger partial charge in [0.25, 0.3) is 5.91 Å². The van der Waals surface area contributed by atoms with Gasteiger partial charge in [0.1, 0.15) is 13.3 Å². The summed E-state index contributed by atoms with van der Waals surface area (Å²) in [6.45, 7) is -1.84. The minimum atomic E-state index is -4.44. The summed E-state index contributed by atoms with van der Waals surface area (Å²) in [4.78, 5) is 25.5. The summed E-state index contributed by atoms with van der Waals surface area (Å²) in [5.41, 5.74) is 0.940. The lowest BCUT2D eigenvalue weighted by molar-refractivity contribution is -0.182. The van der Waals surface area contributed by atoms with Crippen molar-refractivity contribution in [2.75, 3.05) is 11.9 Å². The Balaban J connectivity index is 1.71. The van der Waals surface area contributed by atoms with Crippen LogP contribution in [0.25, 0.3) is 0 Å². The average Bonchev–Trinajstić information content (AvgIpc) is 3.14. The number of nitrogens with zero attached hydrogens (tertiary/aromatic N) is 2.